The summed E-state index contributed by atoms with van der Waals surface area (Å²) in [6, 6.07) is 5.54. The number of hydrogen-bond acceptors (Lipinski definition) is 5. The number of carbonyl (C=O) groups is 1. The van der Waals surface area contributed by atoms with Gasteiger partial charge < -0.3 is 4.74 Å². The number of halogens is 3. The van der Waals surface area contributed by atoms with Crippen molar-refractivity contribution in [3.63, 3.8) is 0 Å². The maximum absolute atomic E-state index is 12.9. The fourth-order valence-electron chi connectivity index (χ4n) is 2.55. The Morgan fingerprint density at radius 3 is 2.34 bits per heavy atom. The van der Waals surface area contributed by atoms with Gasteiger partial charge in [0.25, 0.3) is 0 Å². The number of benzene rings is 1. The molecule has 0 spiro atoms. The van der Waals surface area contributed by atoms with Crippen LogP contribution >= 0.6 is 0 Å². The zero-order valence-corrected chi connectivity index (χ0v) is 16.8. The van der Waals surface area contributed by atoms with Gasteiger partial charge in [-0.3, -0.25) is 14.7 Å². The van der Waals surface area contributed by atoms with Crippen molar-refractivity contribution in [2.45, 2.75) is 31.3 Å². The largest absolute Gasteiger partial charge is 0.416 e. The van der Waals surface area contributed by atoms with Crippen LogP contribution in [-0.4, -0.2) is 38.4 Å². The minimum absolute atomic E-state index is 0.0420. The van der Waals surface area contributed by atoms with Crippen LogP contribution in [0.1, 0.15) is 25.0 Å². The van der Waals surface area contributed by atoms with Gasteiger partial charge in [-0.2, -0.15) is 13.2 Å². The van der Waals surface area contributed by atoms with E-state index in [9.17, 15) is 26.4 Å². The highest BCUT2D eigenvalue weighted by atomic mass is 32.2. The van der Waals surface area contributed by atoms with Crippen LogP contribution in [0.3, 0.4) is 0 Å². The molecule has 0 radical (unpaired) electrons. The standard InChI is InChI=1S/C19H21F3N2O4S/c1-3-28-13-24(16-7-5-15(6-8-16)19(20,21)22)18(25)11-14-9-10-23-12-17(14)29(26,27)4-2/h5-10,12H,3-4,11,13H2,1-2H3. The Labute approximate surface area is 167 Å². The zero-order chi connectivity index (χ0) is 21.7. The minimum Gasteiger partial charge on any atom is -0.361 e. The number of amides is 1. The topological polar surface area (TPSA) is 76.6 Å². The fraction of sp³-hybridized carbons (Fsp3) is 0.368. The average molecular weight is 430 g/mol. The summed E-state index contributed by atoms with van der Waals surface area (Å²) in [6.07, 6.45) is -2.20. The van der Waals surface area contributed by atoms with E-state index in [0.29, 0.717) is 0 Å². The molecule has 2 aromatic rings. The maximum atomic E-state index is 12.9. The Morgan fingerprint density at radius 2 is 1.79 bits per heavy atom. The number of anilines is 1. The van der Waals surface area contributed by atoms with Gasteiger partial charge in [0, 0.05) is 24.7 Å². The summed E-state index contributed by atoms with van der Waals surface area (Å²) in [6.45, 7) is 3.30. The fourth-order valence-corrected chi connectivity index (χ4v) is 3.62. The van der Waals surface area contributed by atoms with E-state index < -0.39 is 27.5 Å². The van der Waals surface area contributed by atoms with Crippen molar-refractivity contribution in [3.05, 3.63) is 53.9 Å². The monoisotopic (exact) mass is 430 g/mol. The van der Waals surface area contributed by atoms with Gasteiger partial charge in [-0.25, -0.2) is 8.42 Å². The summed E-state index contributed by atoms with van der Waals surface area (Å²) in [7, 11) is -3.59. The first-order valence-electron chi connectivity index (χ1n) is 8.81. The molecule has 0 N–H and O–H groups in total. The van der Waals surface area contributed by atoms with Crippen LogP contribution in [0.2, 0.25) is 0 Å². The minimum atomic E-state index is -4.49. The molecule has 29 heavy (non-hydrogen) atoms. The van der Waals surface area contributed by atoms with Gasteiger partial charge in [0.05, 0.1) is 22.6 Å². The molecule has 6 nitrogen and oxygen atoms in total. The molecule has 0 unspecified atom stereocenters. The van der Waals surface area contributed by atoms with Gasteiger partial charge in [0.15, 0.2) is 9.84 Å². The van der Waals surface area contributed by atoms with Gasteiger partial charge >= 0.3 is 6.18 Å². The lowest BCUT2D eigenvalue weighted by atomic mass is 10.1. The Kier molecular flexibility index (Phi) is 7.37. The molecule has 0 aliphatic heterocycles. The second kappa shape index (κ2) is 9.36. The van der Waals surface area contributed by atoms with Gasteiger partial charge in [0.2, 0.25) is 5.91 Å². The predicted octanol–water partition coefficient (Wildman–Crippen LogP) is 3.46. The van der Waals surface area contributed by atoms with Crippen LogP contribution in [0.5, 0.6) is 0 Å². The molecule has 0 atom stereocenters. The zero-order valence-electron chi connectivity index (χ0n) is 15.9. The summed E-state index contributed by atoms with van der Waals surface area (Å²) in [5.41, 5.74) is -0.360. The van der Waals surface area contributed by atoms with Crippen molar-refractivity contribution >= 4 is 21.4 Å². The lowest BCUT2D eigenvalue weighted by Gasteiger charge is -2.23. The molecule has 1 aromatic heterocycles. The highest BCUT2D eigenvalue weighted by molar-refractivity contribution is 7.91. The van der Waals surface area contributed by atoms with E-state index in [-0.39, 0.29) is 41.7 Å². The lowest BCUT2D eigenvalue weighted by Crippen LogP contribution is -2.34. The predicted molar refractivity (Wildman–Crippen MR) is 101 cm³/mol. The summed E-state index contributed by atoms with van der Waals surface area (Å²) in [5.74, 6) is -0.668. The molecule has 2 rings (SSSR count). The first-order valence-corrected chi connectivity index (χ1v) is 10.5. The van der Waals surface area contributed by atoms with E-state index in [1.807, 2.05) is 0 Å². The van der Waals surface area contributed by atoms with Crippen molar-refractivity contribution in [1.29, 1.82) is 0 Å². The Morgan fingerprint density at radius 1 is 1.14 bits per heavy atom. The van der Waals surface area contributed by atoms with Gasteiger partial charge in [-0.05, 0) is 42.8 Å². The van der Waals surface area contributed by atoms with Gasteiger partial charge in [0.1, 0.15) is 6.73 Å². The molecule has 0 fully saturated rings. The van der Waals surface area contributed by atoms with E-state index in [1.54, 1.807) is 6.92 Å². The molecule has 158 valence electrons. The molecule has 0 aliphatic rings. The molecule has 0 saturated heterocycles. The normalized spacial score (nSPS) is 12.0. The Balaban J connectivity index is 2.34. The summed E-state index contributed by atoms with van der Waals surface area (Å²) in [5, 5.41) is 0. The summed E-state index contributed by atoms with van der Waals surface area (Å²) < 4.78 is 68.2. The van der Waals surface area contributed by atoms with Crippen LogP contribution < -0.4 is 4.90 Å². The molecule has 1 heterocycles. The van der Waals surface area contributed by atoms with E-state index in [1.165, 1.54) is 42.4 Å². The molecular formula is C19H21F3N2O4S. The Hall–Kier alpha value is -2.46. The van der Waals surface area contributed by atoms with Crippen LogP contribution in [0.15, 0.2) is 47.6 Å². The number of rotatable bonds is 8. The second-order valence-electron chi connectivity index (χ2n) is 6.05. The molecule has 0 saturated carbocycles. The second-order valence-corrected chi connectivity index (χ2v) is 8.30. The lowest BCUT2D eigenvalue weighted by molar-refractivity contribution is -0.137. The molecule has 1 amide bonds. The smallest absolute Gasteiger partial charge is 0.361 e. The third kappa shape index (κ3) is 5.77. The van der Waals surface area contributed by atoms with Crippen LogP contribution in [0.25, 0.3) is 0 Å². The number of ether oxygens (including phenoxy) is 1. The number of hydrogen-bond donors (Lipinski definition) is 0. The van der Waals surface area contributed by atoms with E-state index in [0.717, 1.165) is 12.1 Å². The van der Waals surface area contributed by atoms with Crippen molar-refractivity contribution < 1.29 is 31.1 Å². The number of aromatic nitrogens is 1. The first kappa shape index (κ1) is 22.8. The van der Waals surface area contributed by atoms with Crippen molar-refractivity contribution in [1.82, 2.24) is 4.98 Å². The Bertz CT molecular complexity index is 945. The van der Waals surface area contributed by atoms with Crippen molar-refractivity contribution in [2.24, 2.45) is 0 Å². The number of nitrogens with zero attached hydrogens (tertiary/aromatic N) is 2. The number of carbonyl (C=O) groups excluding carboxylic acids is 1. The summed E-state index contributed by atoms with van der Waals surface area (Å²) >= 11 is 0. The number of pyridine rings is 1. The molecule has 0 bridgehead atoms. The van der Waals surface area contributed by atoms with Crippen LogP contribution in [0.4, 0.5) is 18.9 Å². The van der Waals surface area contributed by atoms with E-state index >= 15 is 0 Å². The molecule has 1 aromatic carbocycles. The maximum Gasteiger partial charge on any atom is 0.416 e. The molecule has 10 heteroatoms. The third-order valence-corrected chi connectivity index (χ3v) is 5.96. The van der Waals surface area contributed by atoms with Crippen molar-refractivity contribution in [2.75, 3.05) is 24.0 Å². The quantitative estimate of drug-likeness (QED) is 0.600. The SMILES string of the molecule is CCOCN(C(=O)Cc1ccncc1S(=O)(=O)CC)c1ccc(C(F)(F)F)cc1. The van der Waals surface area contributed by atoms with Crippen LogP contribution in [0, 0.1) is 0 Å². The van der Waals surface area contributed by atoms with Gasteiger partial charge in [-0.1, -0.05) is 6.92 Å². The number of sulfone groups is 1. The van der Waals surface area contributed by atoms with Gasteiger partial charge in [-0.15, -0.1) is 0 Å². The van der Waals surface area contributed by atoms with Crippen molar-refractivity contribution in [3.8, 4) is 0 Å². The average Bonchev–Trinajstić information content (AvgIpc) is 2.68. The number of alkyl halides is 3. The summed E-state index contributed by atoms with van der Waals surface area (Å²) in [4.78, 5) is 17.8. The highest BCUT2D eigenvalue weighted by Gasteiger charge is 2.30. The highest BCUT2D eigenvalue weighted by Crippen LogP contribution is 2.30. The first-order chi connectivity index (χ1) is 13.6. The molecular weight excluding hydrogens is 409 g/mol. The molecule has 0 aliphatic carbocycles. The van der Waals surface area contributed by atoms with E-state index in [2.05, 4.69) is 4.98 Å². The van der Waals surface area contributed by atoms with E-state index in [4.69, 9.17) is 4.74 Å². The van der Waals surface area contributed by atoms with Crippen LogP contribution in [-0.2, 0) is 32.0 Å². The third-order valence-electron chi connectivity index (χ3n) is 4.16.